The summed E-state index contributed by atoms with van der Waals surface area (Å²) in [6, 6.07) is 12.0. The van der Waals surface area contributed by atoms with Gasteiger partial charge in [0.2, 0.25) is 0 Å². The Hall–Kier alpha value is -2.36. The summed E-state index contributed by atoms with van der Waals surface area (Å²) in [5, 5.41) is 2.75. The Kier molecular flexibility index (Phi) is 5.15. The molecule has 1 unspecified atom stereocenters. The number of amides is 1. The molecule has 3 nitrogen and oxygen atoms in total. The number of nitrogens with one attached hydrogen (secondary N) is 1. The summed E-state index contributed by atoms with van der Waals surface area (Å²) < 4.78 is 18.8. The van der Waals surface area contributed by atoms with Gasteiger partial charge in [0.15, 0.2) is 6.10 Å². The first-order valence-electron chi connectivity index (χ1n) is 7.22. The number of hydrogen-bond acceptors (Lipinski definition) is 2. The van der Waals surface area contributed by atoms with Gasteiger partial charge in [0, 0.05) is 6.54 Å². The molecule has 2 aromatic rings. The lowest BCUT2D eigenvalue weighted by atomic mass is 10.1. The zero-order chi connectivity index (χ0) is 16.1. The van der Waals surface area contributed by atoms with E-state index in [1.165, 1.54) is 12.1 Å². The van der Waals surface area contributed by atoms with Crippen LogP contribution in [-0.4, -0.2) is 12.0 Å². The van der Waals surface area contributed by atoms with Crippen LogP contribution < -0.4 is 10.1 Å². The minimum absolute atomic E-state index is 0.231. The summed E-state index contributed by atoms with van der Waals surface area (Å²) >= 11 is 0. The van der Waals surface area contributed by atoms with E-state index in [0.29, 0.717) is 11.3 Å². The molecule has 0 saturated carbocycles. The second-order valence-electron chi connectivity index (χ2n) is 5.38. The van der Waals surface area contributed by atoms with E-state index in [9.17, 15) is 9.18 Å². The molecular formula is C18H20FNO2. The first kappa shape index (κ1) is 16.0. The van der Waals surface area contributed by atoms with Crippen molar-refractivity contribution >= 4 is 5.91 Å². The normalized spacial score (nSPS) is 11.8. The molecule has 0 aromatic heterocycles. The van der Waals surface area contributed by atoms with Gasteiger partial charge in [-0.15, -0.1) is 0 Å². The van der Waals surface area contributed by atoms with Crippen LogP contribution in [0.15, 0.2) is 42.5 Å². The minimum Gasteiger partial charge on any atom is -0.481 e. The topological polar surface area (TPSA) is 38.3 Å². The highest BCUT2D eigenvalue weighted by Gasteiger charge is 2.15. The quantitative estimate of drug-likeness (QED) is 0.917. The fourth-order valence-corrected chi connectivity index (χ4v) is 2.06. The first-order valence-corrected chi connectivity index (χ1v) is 7.22. The highest BCUT2D eigenvalue weighted by Crippen LogP contribution is 2.20. The van der Waals surface area contributed by atoms with Gasteiger partial charge in [-0.25, -0.2) is 4.39 Å². The maximum atomic E-state index is 13.1. The highest BCUT2D eigenvalue weighted by molar-refractivity contribution is 5.80. The molecule has 22 heavy (non-hydrogen) atoms. The molecule has 0 saturated heterocycles. The molecule has 2 aromatic carbocycles. The number of hydrogen-bond donors (Lipinski definition) is 1. The fourth-order valence-electron chi connectivity index (χ4n) is 2.06. The van der Waals surface area contributed by atoms with Crippen LogP contribution in [0.2, 0.25) is 0 Å². The largest absolute Gasteiger partial charge is 0.481 e. The van der Waals surface area contributed by atoms with Crippen LogP contribution >= 0.6 is 0 Å². The number of rotatable bonds is 5. The van der Waals surface area contributed by atoms with Gasteiger partial charge in [0.1, 0.15) is 11.6 Å². The third kappa shape index (κ3) is 4.32. The second-order valence-corrected chi connectivity index (χ2v) is 5.38. The van der Waals surface area contributed by atoms with E-state index in [1.54, 1.807) is 19.1 Å². The van der Waals surface area contributed by atoms with Crippen molar-refractivity contribution in [3.05, 3.63) is 65.0 Å². The van der Waals surface area contributed by atoms with Gasteiger partial charge < -0.3 is 10.1 Å². The van der Waals surface area contributed by atoms with Crippen LogP contribution in [0.4, 0.5) is 4.39 Å². The fraction of sp³-hybridized carbons (Fsp3) is 0.278. The molecule has 0 aliphatic heterocycles. The Morgan fingerprint density at radius 2 is 2.00 bits per heavy atom. The van der Waals surface area contributed by atoms with Gasteiger partial charge in [-0.2, -0.15) is 0 Å². The summed E-state index contributed by atoms with van der Waals surface area (Å²) in [4.78, 5) is 12.1. The van der Waals surface area contributed by atoms with Crippen molar-refractivity contribution in [2.24, 2.45) is 0 Å². The Balaban J connectivity index is 1.93. The van der Waals surface area contributed by atoms with Gasteiger partial charge >= 0.3 is 0 Å². The molecule has 4 heteroatoms. The molecule has 1 N–H and O–H groups in total. The molecule has 0 fully saturated rings. The zero-order valence-corrected chi connectivity index (χ0v) is 13.0. The lowest BCUT2D eigenvalue weighted by Crippen LogP contribution is -2.36. The average Bonchev–Trinajstić information content (AvgIpc) is 2.48. The monoisotopic (exact) mass is 301 g/mol. The number of ether oxygens (including phenoxy) is 1. The summed E-state index contributed by atoms with van der Waals surface area (Å²) in [5.41, 5.74) is 2.77. The van der Waals surface area contributed by atoms with Crippen molar-refractivity contribution in [3.63, 3.8) is 0 Å². The predicted molar refractivity (Wildman–Crippen MR) is 84.3 cm³/mol. The lowest BCUT2D eigenvalue weighted by molar-refractivity contribution is -0.127. The van der Waals surface area contributed by atoms with E-state index >= 15 is 0 Å². The van der Waals surface area contributed by atoms with Gasteiger partial charge in [-0.3, -0.25) is 4.79 Å². The van der Waals surface area contributed by atoms with E-state index in [2.05, 4.69) is 5.32 Å². The lowest BCUT2D eigenvalue weighted by Gasteiger charge is -2.16. The van der Waals surface area contributed by atoms with Crippen molar-refractivity contribution in [1.29, 1.82) is 0 Å². The summed E-state index contributed by atoms with van der Waals surface area (Å²) in [6.07, 6.45) is -0.617. The predicted octanol–water partition coefficient (Wildman–Crippen LogP) is 3.53. The summed E-state index contributed by atoms with van der Waals surface area (Å²) in [7, 11) is 0. The van der Waals surface area contributed by atoms with Crippen molar-refractivity contribution in [3.8, 4) is 5.75 Å². The molecule has 0 bridgehead atoms. The number of carbonyl (C=O) groups excluding carboxylic acids is 1. The molecule has 1 atom stereocenters. The van der Waals surface area contributed by atoms with Crippen molar-refractivity contribution < 1.29 is 13.9 Å². The minimum atomic E-state index is -0.617. The van der Waals surface area contributed by atoms with Crippen molar-refractivity contribution in [2.75, 3.05) is 0 Å². The van der Waals surface area contributed by atoms with E-state index in [-0.39, 0.29) is 18.3 Å². The van der Waals surface area contributed by atoms with Crippen LogP contribution in [0.25, 0.3) is 0 Å². The molecule has 0 heterocycles. The van der Waals surface area contributed by atoms with Gasteiger partial charge in [0.05, 0.1) is 0 Å². The highest BCUT2D eigenvalue weighted by atomic mass is 19.1. The molecule has 2 rings (SSSR count). The van der Waals surface area contributed by atoms with E-state index in [4.69, 9.17) is 4.74 Å². The molecule has 1 amide bonds. The van der Waals surface area contributed by atoms with Crippen LogP contribution in [0.5, 0.6) is 5.75 Å². The Morgan fingerprint density at radius 1 is 1.23 bits per heavy atom. The van der Waals surface area contributed by atoms with Gasteiger partial charge in [0.25, 0.3) is 5.91 Å². The number of aryl methyl sites for hydroxylation is 2. The molecule has 0 radical (unpaired) electrons. The summed E-state index contributed by atoms with van der Waals surface area (Å²) in [5.74, 6) is 0.157. The molecule has 116 valence electrons. The van der Waals surface area contributed by atoms with Crippen LogP contribution in [0, 0.1) is 19.7 Å². The first-order chi connectivity index (χ1) is 10.5. The Morgan fingerprint density at radius 3 is 2.73 bits per heavy atom. The second kappa shape index (κ2) is 7.07. The Labute approximate surface area is 130 Å². The third-order valence-corrected chi connectivity index (χ3v) is 3.37. The standard InChI is InChI=1S/C18H20FNO2/c1-12-7-8-13(2)17(9-12)22-14(3)18(21)20-11-15-5-4-6-16(19)10-15/h4-10,14H,11H2,1-3H3,(H,20,21). The van der Waals surface area contributed by atoms with Crippen molar-refractivity contribution in [1.82, 2.24) is 5.32 Å². The molecule has 0 aliphatic rings. The Bertz CT molecular complexity index is 670. The zero-order valence-electron chi connectivity index (χ0n) is 13.0. The van der Waals surface area contributed by atoms with Crippen LogP contribution in [0.3, 0.4) is 0 Å². The van der Waals surface area contributed by atoms with Gasteiger partial charge in [-0.05, 0) is 55.7 Å². The van der Waals surface area contributed by atoms with E-state index in [1.807, 2.05) is 32.0 Å². The molecular weight excluding hydrogens is 281 g/mol. The van der Waals surface area contributed by atoms with E-state index in [0.717, 1.165) is 11.1 Å². The SMILES string of the molecule is Cc1ccc(C)c(OC(C)C(=O)NCc2cccc(F)c2)c1. The average molecular weight is 301 g/mol. The van der Waals surface area contributed by atoms with Crippen molar-refractivity contribution in [2.45, 2.75) is 33.4 Å². The van der Waals surface area contributed by atoms with Gasteiger partial charge in [-0.1, -0.05) is 24.3 Å². The number of benzene rings is 2. The third-order valence-electron chi connectivity index (χ3n) is 3.37. The van der Waals surface area contributed by atoms with Crippen LogP contribution in [-0.2, 0) is 11.3 Å². The smallest absolute Gasteiger partial charge is 0.261 e. The van der Waals surface area contributed by atoms with E-state index < -0.39 is 6.10 Å². The molecule has 0 aliphatic carbocycles. The van der Waals surface area contributed by atoms with Crippen LogP contribution in [0.1, 0.15) is 23.6 Å². The number of carbonyl (C=O) groups is 1. The molecule has 0 spiro atoms. The summed E-state index contributed by atoms with van der Waals surface area (Å²) in [6.45, 7) is 5.88. The maximum Gasteiger partial charge on any atom is 0.261 e. The number of halogens is 1. The maximum absolute atomic E-state index is 13.1.